The van der Waals surface area contributed by atoms with Gasteiger partial charge in [-0.2, -0.15) is 0 Å². The zero-order valence-corrected chi connectivity index (χ0v) is 12.0. The molecule has 3 rings (SSSR count). The minimum atomic E-state index is -0.251. The fraction of sp³-hybridized carbons (Fsp3) is 0.294. The van der Waals surface area contributed by atoms with E-state index in [0.717, 1.165) is 19.4 Å². The van der Waals surface area contributed by atoms with Gasteiger partial charge in [0.1, 0.15) is 5.82 Å². The van der Waals surface area contributed by atoms with Gasteiger partial charge in [-0.15, -0.1) is 0 Å². The lowest BCUT2D eigenvalue weighted by molar-refractivity contribution is 0.568. The molecule has 1 aliphatic carbocycles. The molecule has 2 aromatic carbocycles. The van der Waals surface area contributed by atoms with E-state index >= 15 is 0 Å². The molecule has 0 bridgehead atoms. The van der Waals surface area contributed by atoms with Crippen LogP contribution in [-0.4, -0.2) is 6.54 Å². The molecule has 1 N–H and O–H groups in total. The zero-order valence-electron chi connectivity index (χ0n) is 11.2. The van der Waals surface area contributed by atoms with Gasteiger partial charge in [0.2, 0.25) is 0 Å². The SMILES string of the molecule is Fc1ccc(Cl)cc1NCC1CCCc2ccccc21. The summed E-state index contributed by atoms with van der Waals surface area (Å²) in [5, 5.41) is 3.76. The van der Waals surface area contributed by atoms with Gasteiger partial charge in [0, 0.05) is 17.5 Å². The molecule has 1 unspecified atom stereocenters. The molecule has 3 heteroatoms. The number of anilines is 1. The number of nitrogens with one attached hydrogen (secondary N) is 1. The lowest BCUT2D eigenvalue weighted by Gasteiger charge is -2.26. The second-order valence-electron chi connectivity index (χ2n) is 5.29. The normalized spacial score (nSPS) is 17.6. The van der Waals surface area contributed by atoms with Crippen molar-refractivity contribution >= 4 is 17.3 Å². The summed E-state index contributed by atoms with van der Waals surface area (Å²) in [6, 6.07) is 13.2. The molecule has 0 saturated heterocycles. The standard InChI is InChI=1S/C17H17ClFN/c18-14-8-9-16(19)17(10-14)20-11-13-6-3-5-12-4-1-2-7-15(12)13/h1-2,4,7-10,13,20H,3,5-6,11H2. The number of rotatable bonds is 3. The molecule has 1 aliphatic rings. The Labute approximate surface area is 123 Å². The monoisotopic (exact) mass is 289 g/mol. The topological polar surface area (TPSA) is 12.0 Å². The second kappa shape index (κ2) is 5.84. The van der Waals surface area contributed by atoms with E-state index in [2.05, 4.69) is 29.6 Å². The van der Waals surface area contributed by atoms with Crippen molar-refractivity contribution in [2.24, 2.45) is 0 Å². The third-order valence-electron chi connectivity index (χ3n) is 3.96. The van der Waals surface area contributed by atoms with E-state index in [-0.39, 0.29) is 5.82 Å². The molecule has 0 aromatic heterocycles. The van der Waals surface area contributed by atoms with Gasteiger partial charge in [0.05, 0.1) is 5.69 Å². The number of halogens is 2. The van der Waals surface area contributed by atoms with Crippen molar-refractivity contribution in [2.75, 3.05) is 11.9 Å². The number of hydrogen-bond acceptors (Lipinski definition) is 1. The van der Waals surface area contributed by atoms with E-state index in [1.54, 1.807) is 12.1 Å². The Hall–Kier alpha value is -1.54. The van der Waals surface area contributed by atoms with Gasteiger partial charge in [-0.25, -0.2) is 4.39 Å². The Kier molecular flexibility index (Phi) is 3.93. The molecule has 0 heterocycles. The molecule has 0 spiro atoms. The van der Waals surface area contributed by atoms with Gasteiger partial charge < -0.3 is 5.32 Å². The van der Waals surface area contributed by atoms with Crippen LogP contribution in [0.3, 0.4) is 0 Å². The van der Waals surface area contributed by atoms with Crippen molar-refractivity contribution in [3.63, 3.8) is 0 Å². The van der Waals surface area contributed by atoms with Crippen LogP contribution in [0, 0.1) is 5.82 Å². The Bertz CT molecular complexity index is 612. The Morgan fingerprint density at radius 1 is 1.20 bits per heavy atom. The first kappa shape index (κ1) is 13.4. The van der Waals surface area contributed by atoms with E-state index in [9.17, 15) is 4.39 Å². The van der Waals surface area contributed by atoms with Gasteiger partial charge in [-0.05, 0) is 48.6 Å². The second-order valence-corrected chi connectivity index (χ2v) is 5.73. The summed E-state index contributed by atoms with van der Waals surface area (Å²) in [6.07, 6.45) is 3.49. The predicted molar refractivity (Wildman–Crippen MR) is 82.0 cm³/mol. The third-order valence-corrected chi connectivity index (χ3v) is 4.20. The molecule has 104 valence electrons. The van der Waals surface area contributed by atoms with Crippen molar-refractivity contribution in [3.8, 4) is 0 Å². The summed E-state index contributed by atoms with van der Waals surface area (Å²) >= 11 is 5.91. The molecular formula is C17H17ClFN. The quantitative estimate of drug-likeness (QED) is 0.837. The highest BCUT2D eigenvalue weighted by atomic mass is 35.5. The van der Waals surface area contributed by atoms with E-state index in [1.165, 1.54) is 23.6 Å². The van der Waals surface area contributed by atoms with Crippen LogP contribution in [-0.2, 0) is 6.42 Å². The van der Waals surface area contributed by atoms with E-state index < -0.39 is 0 Å². The van der Waals surface area contributed by atoms with Gasteiger partial charge >= 0.3 is 0 Å². The van der Waals surface area contributed by atoms with Crippen LogP contribution in [0.1, 0.15) is 29.9 Å². The minimum Gasteiger partial charge on any atom is -0.382 e. The smallest absolute Gasteiger partial charge is 0.146 e. The Morgan fingerprint density at radius 3 is 2.95 bits per heavy atom. The summed E-state index contributed by atoms with van der Waals surface area (Å²) in [5.74, 6) is 0.192. The van der Waals surface area contributed by atoms with Gasteiger partial charge in [0.25, 0.3) is 0 Å². The Morgan fingerprint density at radius 2 is 2.05 bits per heavy atom. The van der Waals surface area contributed by atoms with Crippen LogP contribution in [0.15, 0.2) is 42.5 Å². The van der Waals surface area contributed by atoms with Crippen molar-refractivity contribution in [1.82, 2.24) is 0 Å². The van der Waals surface area contributed by atoms with E-state index in [4.69, 9.17) is 11.6 Å². The highest BCUT2D eigenvalue weighted by Gasteiger charge is 2.19. The van der Waals surface area contributed by atoms with Crippen molar-refractivity contribution in [2.45, 2.75) is 25.2 Å². The van der Waals surface area contributed by atoms with Crippen LogP contribution in [0.5, 0.6) is 0 Å². The molecule has 0 saturated carbocycles. The number of aryl methyl sites for hydroxylation is 1. The summed E-state index contributed by atoms with van der Waals surface area (Å²) < 4.78 is 13.7. The van der Waals surface area contributed by atoms with E-state index in [0.29, 0.717) is 16.6 Å². The van der Waals surface area contributed by atoms with Crippen LogP contribution < -0.4 is 5.32 Å². The van der Waals surface area contributed by atoms with Crippen LogP contribution in [0.2, 0.25) is 5.02 Å². The fourth-order valence-electron chi connectivity index (χ4n) is 2.93. The molecule has 0 fully saturated rings. The fourth-order valence-corrected chi connectivity index (χ4v) is 3.10. The lowest BCUT2D eigenvalue weighted by Crippen LogP contribution is -2.18. The van der Waals surface area contributed by atoms with Crippen LogP contribution in [0.25, 0.3) is 0 Å². The first-order valence-electron chi connectivity index (χ1n) is 7.01. The average molecular weight is 290 g/mol. The number of benzene rings is 2. The average Bonchev–Trinajstić information content (AvgIpc) is 2.48. The van der Waals surface area contributed by atoms with Crippen LogP contribution >= 0.6 is 11.6 Å². The molecule has 20 heavy (non-hydrogen) atoms. The minimum absolute atomic E-state index is 0.251. The summed E-state index contributed by atoms with van der Waals surface area (Å²) in [5.41, 5.74) is 3.31. The van der Waals surface area contributed by atoms with Crippen molar-refractivity contribution < 1.29 is 4.39 Å². The van der Waals surface area contributed by atoms with E-state index in [1.807, 2.05) is 0 Å². The van der Waals surface area contributed by atoms with Crippen LogP contribution in [0.4, 0.5) is 10.1 Å². The highest BCUT2D eigenvalue weighted by molar-refractivity contribution is 6.30. The third kappa shape index (κ3) is 2.80. The maximum atomic E-state index is 13.7. The Balaban J connectivity index is 1.75. The summed E-state index contributed by atoms with van der Waals surface area (Å²) in [7, 11) is 0. The first-order chi connectivity index (χ1) is 9.74. The predicted octanol–water partition coefficient (Wildman–Crippen LogP) is 5.01. The molecular weight excluding hydrogens is 273 g/mol. The maximum absolute atomic E-state index is 13.7. The summed E-state index contributed by atoms with van der Waals surface area (Å²) in [4.78, 5) is 0. The van der Waals surface area contributed by atoms with Crippen molar-refractivity contribution in [1.29, 1.82) is 0 Å². The summed E-state index contributed by atoms with van der Waals surface area (Å²) in [6.45, 7) is 0.744. The number of fused-ring (bicyclic) bond motifs is 1. The van der Waals surface area contributed by atoms with Gasteiger partial charge in [-0.3, -0.25) is 0 Å². The van der Waals surface area contributed by atoms with Gasteiger partial charge in [0.15, 0.2) is 0 Å². The zero-order chi connectivity index (χ0) is 13.9. The molecule has 0 radical (unpaired) electrons. The van der Waals surface area contributed by atoms with Crippen molar-refractivity contribution in [3.05, 3.63) is 64.4 Å². The maximum Gasteiger partial charge on any atom is 0.146 e. The van der Waals surface area contributed by atoms with Gasteiger partial charge in [-0.1, -0.05) is 35.9 Å². The molecule has 0 amide bonds. The largest absolute Gasteiger partial charge is 0.382 e. The highest BCUT2D eigenvalue weighted by Crippen LogP contribution is 2.32. The molecule has 0 aliphatic heterocycles. The molecule has 2 aromatic rings. The first-order valence-corrected chi connectivity index (χ1v) is 7.38. The number of hydrogen-bond donors (Lipinski definition) is 1. The molecule has 1 nitrogen and oxygen atoms in total. The molecule has 1 atom stereocenters. The lowest BCUT2D eigenvalue weighted by atomic mass is 9.83.